The van der Waals surface area contributed by atoms with Gasteiger partial charge in [-0.3, -0.25) is 4.79 Å². The van der Waals surface area contributed by atoms with Gasteiger partial charge in [-0.25, -0.2) is 0 Å². The predicted molar refractivity (Wildman–Crippen MR) is 112 cm³/mol. The van der Waals surface area contributed by atoms with Crippen molar-refractivity contribution in [3.63, 3.8) is 0 Å². The molecule has 11 N–H and O–H groups in total. The van der Waals surface area contributed by atoms with Gasteiger partial charge in [-0.15, -0.1) is 0 Å². The molecule has 184 valence electrons. The number of phenolic OH excluding ortho intramolecular Hbond substituents is 3. The third-order valence-corrected chi connectivity index (χ3v) is 5.01. The van der Waals surface area contributed by atoms with Gasteiger partial charge in [0.2, 0.25) is 6.29 Å². The third-order valence-electron chi connectivity index (χ3n) is 5.01. The van der Waals surface area contributed by atoms with Crippen LogP contribution in [0.4, 0.5) is 0 Å². The monoisotopic (exact) mass is 472 g/mol. The van der Waals surface area contributed by atoms with E-state index in [-0.39, 0.29) is 34.4 Å². The Hall–Kier alpha value is -2.97. The van der Waals surface area contributed by atoms with E-state index < -0.39 is 54.6 Å². The van der Waals surface area contributed by atoms with Gasteiger partial charge < -0.3 is 56.2 Å². The van der Waals surface area contributed by atoms with Gasteiger partial charge in [-0.05, 0) is 24.1 Å². The molecular weight excluding hydrogens is 444 g/mol. The van der Waals surface area contributed by atoms with E-state index >= 15 is 0 Å². The molecule has 2 aromatic carbocycles. The molecule has 1 fully saturated rings. The summed E-state index contributed by atoms with van der Waals surface area (Å²) in [5.74, 6) is -1.74. The number of carbonyl (C=O) groups is 1. The Kier molecular flexibility index (Phi) is 10.0. The van der Waals surface area contributed by atoms with Gasteiger partial charge >= 0.3 is 0 Å². The second-order valence-electron chi connectivity index (χ2n) is 7.24. The summed E-state index contributed by atoms with van der Waals surface area (Å²) >= 11 is 0. The van der Waals surface area contributed by atoms with Crippen molar-refractivity contribution in [2.45, 2.75) is 43.5 Å². The van der Waals surface area contributed by atoms with Crippen molar-refractivity contribution in [1.29, 1.82) is 0 Å². The molecule has 3 rings (SSSR count). The minimum Gasteiger partial charge on any atom is -0.508 e. The number of hydrogen-bond donors (Lipinski definition) is 7. The molecule has 1 aliphatic heterocycles. The number of rotatable bonds is 7. The van der Waals surface area contributed by atoms with Gasteiger partial charge in [-0.1, -0.05) is 12.1 Å². The van der Waals surface area contributed by atoms with Crippen LogP contribution in [0.2, 0.25) is 0 Å². The average Bonchev–Trinajstić information content (AvgIpc) is 2.73. The van der Waals surface area contributed by atoms with Crippen molar-refractivity contribution < 1.29 is 61.0 Å². The summed E-state index contributed by atoms with van der Waals surface area (Å²) in [6, 6.07) is 8.23. The van der Waals surface area contributed by atoms with E-state index in [1.165, 1.54) is 12.1 Å². The Morgan fingerprint density at radius 1 is 0.909 bits per heavy atom. The third kappa shape index (κ3) is 6.30. The van der Waals surface area contributed by atoms with E-state index in [0.29, 0.717) is 6.42 Å². The Morgan fingerprint density at radius 3 is 2.15 bits per heavy atom. The number of aryl methyl sites for hydroxylation is 1. The van der Waals surface area contributed by atoms with E-state index in [1.807, 2.05) is 0 Å². The first-order valence-electron chi connectivity index (χ1n) is 9.55. The van der Waals surface area contributed by atoms with E-state index in [9.17, 15) is 40.5 Å². The Labute approximate surface area is 188 Å². The largest absolute Gasteiger partial charge is 0.508 e. The lowest BCUT2D eigenvalue weighted by Crippen LogP contribution is -2.60. The second kappa shape index (κ2) is 11.8. The van der Waals surface area contributed by atoms with Crippen molar-refractivity contribution in [2.24, 2.45) is 0 Å². The summed E-state index contributed by atoms with van der Waals surface area (Å²) < 4.78 is 10.7. The lowest BCUT2D eigenvalue weighted by atomic mass is 9.99. The molecule has 0 aliphatic carbocycles. The van der Waals surface area contributed by atoms with Crippen LogP contribution in [0.25, 0.3) is 0 Å². The number of aromatic hydroxyl groups is 3. The number of aliphatic hydroxyl groups excluding tert-OH is 4. The lowest BCUT2D eigenvalue weighted by molar-refractivity contribution is -0.277. The molecule has 1 aliphatic rings. The summed E-state index contributed by atoms with van der Waals surface area (Å²) in [5.41, 5.74) is 0.495. The zero-order valence-corrected chi connectivity index (χ0v) is 17.3. The van der Waals surface area contributed by atoms with E-state index in [1.54, 1.807) is 12.1 Å². The standard InChI is InChI=1S/C21H24O10.2H2O/c22-9-16-18(27)19(28)20(29)21(31-16)30-15-8-12(24)7-14(26)17(15)13(25)6-3-10-1-4-11(23)5-2-10;;/h1-2,4-5,7-8,16,18-24,26-29H,3,6,9H2;2*1H2/t16-,18-,19+,20-,21-;;/m0../s1. The summed E-state index contributed by atoms with van der Waals surface area (Å²) in [5, 5.41) is 68.6. The van der Waals surface area contributed by atoms with Gasteiger partial charge in [0.1, 0.15) is 53.0 Å². The van der Waals surface area contributed by atoms with E-state index in [4.69, 9.17) is 9.47 Å². The summed E-state index contributed by atoms with van der Waals surface area (Å²) in [6.45, 7) is -0.672. The number of Topliss-reactive ketones (excluding diaryl/α,β-unsaturated/α-hetero) is 1. The number of benzene rings is 2. The molecule has 0 spiro atoms. The molecule has 0 aromatic heterocycles. The summed E-state index contributed by atoms with van der Waals surface area (Å²) in [6.07, 6.45) is -7.61. The summed E-state index contributed by atoms with van der Waals surface area (Å²) in [7, 11) is 0. The maximum absolute atomic E-state index is 12.8. The van der Waals surface area contributed by atoms with Crippen molar-refractivity contribution in [2.75, 3.05) is 6.61 Å². The first-order chi connectivity index (χ1) is 14.7. The molecule has 0 bridgehead atoms. The first-order valence-corrected chi connectivity index (χ1v) is 9.55. The lowest BCUT2D eigenvalue weighted by Gasteiger charge is -2.39. The Balaban J connectivity index is 0.00000272. The zero-order chi connectivity index (χ0) is 22.7. The van der Waals surface area contributed by atoms with E-state index in [0.717, 1.165) is 17.7 Å². The number of phenols is 3. The number of ketones is 1. The van der Waals surface area contributed by atoms with Crippen molar-refractivity contribution in [1.82, 2.24) is 0 Å². The Morgan fingerprint density at radius 2 is 1.55 bits per heavy atom. The van der Waals surface area contributed by atoms with Crippen LogP contribution >= 0.6 is 0 Å². The van der Waals surface area contributed by atoms with Crippen molar-refractivity contribution in [3.05, 3.63) is 47.5 Å². The van der Waals surface area contributed by atoms with Gasteiger partial charge in [0, 0.05) is 18.6 Å². The molecule has 33 heavy (non-hydrogen) atoms. The molecule has 2 aromatic rings. The van der Waals surface area contributed by atoms with Crippen LogP contribution in [-0.4, -0.2) is 89.8 Å². The maximum Gasteiger partial charge on any atom is 0.229 e. The van der Waals surface area contributed by atoms with Crippen LogP contribution in [0.5, 0.6) is 23.0 Å². The zero-order valence-electron chi connectivity index (χ0n) is 17.3. The molecule has 0 saturated carbocycles. The molecule has 1 saturated heterocycles. The fraction of sp³-hybridized carbons (Fsp3) is 0.381. The van der Waals surface area contributed by atoms with Crippen molar-refractivity contribution >= 4 is 5.78 Å². The minimum atomic E-state index is -1.73. The highest BCUT2D eigenvalue weighted by Gasteiger charge is 2.45. The van der Waals surface area contributed by atoms with Crippen LogP contribution < -0.4 is 4.74 Å². The van der Waals surface area contributed by atoms with Gasteiger partial charge in [-0.2, -0.15) is 0 Å². The molecule has 0 amide bonds. The molecule has 5 atom stereocenters. The number of hydrogen-bond acceptors (Lipinski definition) is 10. The van der Waals surface area contributed by atoms with Crippen molar-refractivity contribution in [3.8, 4) is 23.0 Å². The highest BCUT2D eigenvalue weighted by Crippen LogP contribution is 2.36. The molecule has 12 heteroatoms. The Bertz CT molecular complexity index is 914. The quantitative estimate of drug-likeness (QED) is 0.222. The van der Waals surface area contributed by atoms with Crippen LogP contribution in [-0.2, 0) is 11.2 Å². The average molecular weight is 472 g/mol. The maximum atomic E-state index is 12.8. The first kappa shape index (κ1) is 28.1. The smallest absolute Gasteiger partial charge is 0.229 e. The van der Waals surface area contributed by atoms with Crippen LogP contribution in [0.15, 0.2) is 36.4 Å². The highest BCUT2D eigenvalue weighted by molar-refractivity contribution is 6.01. The molecule has 1 heterocycles. The van der Waals surface area contributed by atoms with Gasteiger partial charge in [0.05, 0.1) is 6.61 Å². The fourth-order valence-corrected chi connectivity index (χ4v) is 3.30. The number of carbonyl (C=O) groups excluding carboxylic acids is 1. The fourth-order valence-electron chi connectivity index (χ4n) is 3.30. The predicted octanol–water partition coefficient (Wildman–Crippen LogP) is -1.85. The minimum absolute atomic E-state index is 0. The van der Waals surface area contributed by atoms with Gasteiger partial charge in [0.15, 0.2) is 5.78 Å². The SMILES string of the molecule is O.O.O=C(CCc1ccc(O)cc1)c1c(O)cc(O)cc1O[C@H]1O[C@@H](CO)[C@H](O)[C@@H](O)[C@@H]1O. The van der Waals surface area contributed by atoms with Crippen LogP contribution in [0.1, 0.15) is 22.3 Å². The highest BCUT2D eigenvalue weighted by atomic mass is 16.7. The topological polar surface area (TPSA) is 240 Å². The normalized spacial score (nSPS) is 24.3. The number of aliphatic hydroxyl groups is 4. The second-order valence-corrected chi connectivity index (χ2v) is 7.24. The van der Waals surface area contributed by atoms with Crippen LogP contribution in [0, 0.1) is 0 Å². The van der Waals surface area contributed by atoms with E-state index in [2.05, 4.69) is 0 Å². The van der Waals surface area contributed by atoms with Crippen LogP contribution in [0.3, 0.4) is 0 Å². The molecule has 0 radical (unpaired) electrons. The molecule has 12 nitrogen and oxygen atoms in total. The van der Waals surface area contributed by atoms with Gasteiger partial charge in [0.25, 0.3) is 0 Å². The summed E-state index contributed by atoms with van der Waals surface area (Å²) in [4.78, 5) is 12.8. The molecular formula is C21H28O12. The number of ether oxygens (including phenoxy) is 2. The molecule has 0 unspecified atom stereocenters.